The van der Waals surface area contributed by atoms with Crippen LogP contribution >= 0.6 is 0 Å². The molecule has 0 aliphatic heterocycles. The minimum absolute atomic E-state index is 0.412. The van der Waals surface area contributed by atoms with E-state index in [9.17, 15) is 0 Å². The Hall–Kier alpha value is -1.51. The number of aryl methyl sites for hydroxylation is 2. The van der Waals surface area contributed by atoms with Crippen LogP contribution in [-0.4, -0.2) is 12.5 Å². The van der Waals surface area contributed by atoms with Crippen LogP contribution in [0.2, 0.25) is 0 Å². The number of benzene rings is 1. The van der Waals surface area contributed by atoms with Crippen molar-refractivity contribution in [3.05, 3.63) is 29.3 Å². The second-order valence-electron chi connectivity index (χ2n) is 6.14. The van der Waals surface area contributed by atoms with E-state index in [1.54, 1.807) is 0 Å². The summed E-state index contributed by atoms with van der Waals surface area (Å²) < 4.78 is 0. The number of nitrogens with zero attached hydrogens (tertiary/aromatic N) is 1. The van der Waals surface area contributed by atoms with Crippen molar-refractivity contribution in [2.45, 2.75) is 40.5 Å². The van der Waals surface area contributed by atoms with Crippen molar-refractivity contribution < 1.29 is 0 Å². The molecule has 3 nitrogen and oxygen atoms in total. The van der Waals surface area contributed by atoms with Crippen LogP contribution in [0.25, 0.3) is 0 Å². The van der Waals surface area contributed by atoms with Gasteiger partial charge in [-0.15, -0.1) is 0 Å². The summed E-state index contributed by atoms with van der Waals surface area (Å²) in [5.74, 6) is 1.21. The third-order valence-corrected chi connectivity index (χ3v) is 4.46. The van der Waals surface area contributed by atoms with Crippen LogP contribution in [-0.2, 0) is 0 Å². The molecule has 1 aromatic carbocycles. The van der Waals surface area contributed by atoms with Crippen LogP contribution in [0.5, 0.6) is 0 Å². The zero-order valence-corrected chi connectivity index (χ0v) is 12.5. The summed E-state index contributed by atoms with van der Waals surface area (Å²) in [5.41, 5.74) is 9.95. The Labute approximate surface area is 116 Å². The first-order chi connectivity index (χ1) is 8.93. The minimum Gasteiger partial charge on any atom is -0.370 e. The van der Waals surface area contributed by atoms with Gasteiger partial charge >= 0.3 is 0 Å². The molecule has 0 aromatic heterocycles. The summed E-state index contributed by atoms with van der Waals surface area (Å²) >= 11 is 0. The fourth-order valence-electron chi connectivity index (χ4n) is 2.33. The molecule has 0 atom stereocenters. The molecule has 0 radical (unpaired) electrons. The number of hydrogen-bond donors (Lipinski definition) is 2. The van der Waals surface area contributed by atoms with Crippen LogP contribution in [0, 0.1) is 25.2 Å². The summed E-state index contributed by atoms with van der Waals surface area (Å²) in [6.07, 6.45) is 2.57. The topological polar surface area (TPSA) is 50.4 Å². The molecule has 1 fully saturated rings. The maximum atomic E-state index is 5.97. The molecule has 19 heavy (non-hydrogen) atoms. The first-order valence-corrected chi connectivity index (χ1v) is 7.07. The fourth-order valence-corrected chi connectivity index (χ4v) is 2.33. The van der Waals surface area contributed by atoms with Crippen LogP contribution < -0.4 is 11.1 Å². The Morgan fingerprint density at radius 2 is 2.00 bits per heavy atom. The molecule has 0 heterocycles. The molecule has 0 unspecified atom stereocenters. The van der Waals surface area contributed by atoms with Gasteiger partial charge in [-0.25, -0.2) is 0 Å². The highest BCUT2D eigenvalue weighted by atomic mass is 15.1. The molecule has 1 aromatic rings. The van der Waals surface area contributed by atoms with Crippen molar-refractivity contribution >= 4 is 11.6 Å². The van der Waals surface area contributed by atoms with Gasteiger partial charge in [-0.3, -0.25) is 4.99 Å². The van der Waals surface area contributed by atoms with Crippen molar-refractivity contribution in [2.75, 3.05) is 11.9 Å². The van der Waals surface area contributed by atoms with Crippen LogP contribution in [0.1, 0.15) is 37.8 Å². The van der Waals surface area contributed by atoms with Gasteiger partial charge in [0.2, 0.25) is 0 Å². The largest absolute Gasteiger partial charge is 0.370 e. The number of anilines is 1. The molecular formula is C16H25N3. The summed E-state index contributed by atoms with van der Waals surface area (Å²) in [4.78, 5) is 4.51. The van der Waals surface area contributed by atoms with Gasteiger partial charge < -0.3 is 11.1 Å². The van der Waals surface area contributed by atoms with E-state index in [0.29, 0.717) is 17.3 Å². The van der Waals surface area contributed by atoms with E-state index in [2.05, 4.69) is 50.1 Å². The predicted octanol–water partition coefficient (Wildman–Crippen LogP) is 3.47. The molecule has 3 heteroatoms. The minimum atomic E-state index is 0.412. The van der Waals surface area contributed by atoms with Gasteiger partial charge in [0.1, 0.15) is 0 Å². The molecule has 1 aliphatic rings. The van der Waals surface area contributed by atoms with Gasteiger partial charge in [0.15, 0.2) is 5.96 Å². The van der Waals surface area contributed by atoms with Crippen molar-refractivity contribution in [3.8, 4) is 0 Å². The first kappa shape index (κ1) is 13.9. The Bertz CT molecular complexity index is 485. The highest BCUT2D eigenvalue weighted by Crippen LogP contribution is 2.51. The van der Waals surface area contributed by atoms with Crippen LogP contribution in [0.4, 0.5) is 5.69 Å². The number of aliphatic imine (C=N–C) groups is 1. The molecule has 0 spiro atoms. The average molecular weight is 259 g/mol. The van der Waals surface area contributed by atoms with E-state index < -0.39 is 0 Å². The highest BCUT2D eigenvalue weighted by Gasteiger charge is 2.45. The van der Waals surface area contributed by atoms with Crippen LogP contribution in [0.15, 0.2) is 23.2 Å². The lowest BCUT2D eigenvalue weighted by molar-refractivity contribution is 0.371. The number of nitrogens with one attached hydrogen (secondary N) is 1. The molecule has 1 saturated carbocycles. The van der Waals surface area contributed by atoms with Crippen molar-refractivity contribution in [2.24, 2.45) is 22.1 Å². The summed E-state index contributed by atoms with van der Waals surface area (Å²) in [6, 6.07) is 6.24. The van der Waals surface area contributed by atoms with Gasteiger partial charge in [0.05, 0.1) is 0 Å². The third-order valence-electron chi connectivity index (χ3n) is 4.46. The van der Waals surface area contributed by atoms with Gasteiger partial charge in [-0.2, -0.15) is 0 Å². The van der Waals surface area contributed by atoms with E-state index in [-0.39, 0.29) is 0 Å². The molecule has 104 valence electrons. The van der Waals surface area contributed by atoms with Crippen LogP contribution in [0.3, 0.4) is 0 Å². The molecule has 0 amide bonds. The molecule has 3 N–H and O–H groups in total. The lowest BCUT2D eigenvalue weighted by Gasteiger charge is -2.17. The summed E-state index contributed by atoms with van der Waals surface area (Å²) in [7, 11) is 0. The maximum absolute atomic E-state index is 5.97. The molecular weight excluding hydrogens is 234 g/mol. The second kappa shape index (κ2) is 5.24. The zero-order valence-electron chi connectivity index (χ0n) is 12.5. The SMILES string of the molecule is Cc1ccc(NC(N)=NCC2(C(C)C)CC2)cc1C. The van der Waals surface area contributed by atoms with Crippen molar-refractivity contribution in [1.29, 1.82) is 0 Å². The second-order valence-corrected chi connectivity index (χ2v) is 6.14. The number of hydrogen-bond acceptors (Lipinski definition) is 1. The third kappa shape index (κ3) is 3.28. The molecule has 0 bridgehead atoms. The Balaban J connectivity index is 1.97. The van der Waals surface area contributed by atoms with Gasteiger partial charge in [0.25, 0.3) is 0 Å². The summed E-state index contributed by atoms with van der Waals surface area (Å²) in [5, 5.41) is 3.18. The van der Waals surface area contributed by atoms with E-state index in [1.807, 2.05) is 6.07 Å². The Morgan fingerprint density at radius 3 is 2.53 bits per heavy atom. The van der Waals surface area contributed by atoms with E-state index in [4.69, 9.17) is 5.73 Å². The monoisotopic (exact) mass is 259 g/mol. The summed E-state index contributed by atoms with van der Waals surface area (Å²) in [6.45, 7) is 9.60. The first-order valence-electron chi connectivity index (χ1n) is 7.07. The van der Waals surface area contributed by atoms with E-state index in [1.165, 1.54) is 24.0 Å². The van der Waals surface area contributed by atoms with E-state index in [0.717, 1.165) is 12.2 Å². The zero-order chi connectivity index (χ0) is 14.0. The van der Waals surface area contributed by atoms with Crippen molar-refractivity contribution in [3.63, 3.8) is 0 Å². The standard InChI is InChI=1S/C16H25N3/c1-11(2)16(7-8-16)10-18-15(17)19-14-6-5-12(3)13(4)9-14/h5-6,9,11H,7-8,10H2,1-4H3,(H3,17,18,19). The van der Waals surface area contributed by atoms with Gasteiger partial charge in [-0.1, -0.05) is 19.9 Å². The normalized spacial score (nSPS) is 17.6. The molecule has 0 saturated heterocycles. The number of nitrogens with two attached hydrogens (primary N) is 1. The van der Waals surface area contributed by atoms with Crippen molar-refractivity contribution in [1.82, 2.24) is 0 Å². The molecule has 2 rings (SSSR count). The predicted molar refractivity (Wildman–Crippen MR) is 82.5 cm³/mol. The lowest BCUT2D eigenvalue weighted by atomic mass is 9.93. The Morgan fingerprint density at radius 1 is 1.32 bits per heavy atom. The average Bonchev–Trinajstić information content (AvgIpc) is 3.13. The highest BCUT2D eigenvalue weighted by molar-refractivity contribution is 5.92. The van der Waals surface area contributed by atoms with Gasteiger partial charge in [0, 0.05) is 12.2 Å². The fraction of sp³-hybridized carbons (Fsp3) is 0.562. The Kier molecular flexibility index (Phi) is 3.83. The number of rotatable bonds is 4. The maximum Gasteiger partial charge on any atom is 0.193 e. The smallest absolute Gasteiger partial charge is 0.193 e. The quantitative estimate of drug-likeness (QED) is 0.642. The molecule has 1 aliphatic carbocycles. The number of guanidine groups is 1. The van der Waals surface area contributed by atoms with E-state index >= 15 is 0 Å². The lowest BCUT2D eigenvalue weighted by Crippen LogP contribution is -2.25. The van der Waals surface area contributed by atoms with Gasteiger partial charge in [-0.05, 0) is 61.3 Å².